The molecule has 2 aromatic carbocycles. The zero-order valence-electron chi connectivity index (χ0n) is 21.8. The molecule has 3 aromatic rings. The number of aromatic amines is 1. The maximum absolute atomic E-state index is 12.9. The van der Waals surface area contributed by atoms with Crippen LogP contribution >= 0.6 is 11.6 Å². The lowest BCUT2D eigenvalue weighted by Crippen LogP contribution is -2.60. The molecule has 1 saturated heterocycles. The molecule has 41 heavy (non-hydrogen) atoms. The van der Waals surface area contributed by atoms with Crippen molar-refractivity contribution in [2.45, 2.75) is 25.6 Å². The summed E-state index contributed by atoms with van der Waals surface area (Å²) in [6.07, 6.45) is -2.68. The minimum Gasteiger partial charge on any atom is -0.481 e. The van der Waals surface area contributed by atoms with Crippen LogP contribution in [0, 0.1) is 0 Å². The fraction of sp³-hybridized carbons (Fsp3) is 0.308. The Labute approximate surface area is 239 Å². The number of quaternary nitrogens is 1. The molecule has 5 amide bonds. The Kier molecular flexibility index (Phi) is 9.37. The summed E-state index contributed by atoms with van der Waals surface area (Å²) in [5.41, 5.74) is 2.23. The van der Waals surface area contributed by atoms with Gasteiger partial charge >= 0.3 is 24.0 Å². The van der Waals surface area contributed by atoms with E-state index in [2.05, 4.69) is 31.2 Å². The number of benzene rings is 2. The number of anilines is 1. The number of aromatic nitrogens is 2. The number of nitrogens with zero attached hydrogens (tertiary/aromatic N) is 2. The number of carbonyl (C=O) groups excluding carboxylic acids is 4. The summed E-state index contributed by atoms with van der Waals surface area (Å²) < 4.78 is 4.30. The van der Waals surface area contributed by atoms with E-state index in [0.717, 1.165) is 11.0 Å². The van der Waals surface area contributed by atoms with Gasteiger partial charge in [-0.25, -0.2) is 19.4 Å². The highest BCUT2D eigenvalue weighted by atomic mass is 35.5. The van der Waals surface area contributed by atoms with E-state index in [0.29, 0.717) is 29.5 Å². The van der Waals surface area contributed by atoms with Crippen LogP contribution < -0.4 is 21.3 Å². The van der Waals surface area contributed by atoms with E-state index in [4.69, 9.17) is 16.3 Å². The number of hydrogen-bond donors (Lipinski definition) is 6. The summed E-state index contributed by atoms with van der Waals surface area (Å²) in [6, 6.07) is 13.4. The minimum atomic E-state index is -1.36. The number of H-pyrrole nitrogens is 1. The van der Waals surface area contributed by atoms with Crippen molar-refractivity contribution in [1.82, 2.24) is 25.9 Å². The van der Waals surface area contributed by atoms with Gasteiger partial charge in [0, 0.05) is 18.0 Å². The molecule has 2 heterocycles. The number of fused-ring (bicyclic) bond motifs is 1. The first-order valence-electron chi connectivity index (χ1n) is 12.7. The Morgan fingerprint density at radius 1 is 1.12 bits per heavy atom. The molecule has 4 rings (SSSR count). The number of urea groups is 1. The normalized spacial score (nSPS) is 17.1. The van der Waals surface area contributed by atoms with Crippen LogP contribution in [0.1, 0.15) is 18.4 Å². The van der Waals surface area contributed by atoms with Gasteiger partial charge in [0.05, 0.1) is 24.0 Å². The quantitative estimate of drug-likeness (QED) is 0.0751. The number of carboxylic acid groups (broad SMARTS) is 1. The second-order valence-corrected chi connectivity index (χ2v) is 9.79. The van der Waals surface area contributed by atoms with Crippen LogP contribution in [-0.2, 0) is 25.7 Å². The summed E-state index contributed by atoms with van der Waals surface area (Å²) >= 11 is 5.91. The average Bonchev–Trinajstić information content (AvgIpc) is 3.45. The van der Waals surface area contributed by atoms with E-state index in [1.165, 1.54) is 0 Å². The Hall–Kier alpha value is -4.69. The van der Waals surface area contributed by atoms with Gasteiger partial charge in [-0.1, -0.05) is 35.9 Å². The second-order valence-electron chi connectivity index (χ2n) is 9.35. The molecule has 14 nitrogen and oxygen atoms in total. The van der Waals surface area contributed by atoms with Crippen LogP contribution in [0.5, 0.6) is 0 Å². The van der Waals surface area contributed by atoms with E-state index in [1.54, 1.807) is 24.3 Å². The number of alkyl carbamates (subject to hydrolysis) is 1. The number of halogens is 1. The van der Waals surface area contributed by atoms with Crippen LogP contribution in [0.15, 0.2) is 48.5 Å². The van der Waals surface area contributed by atoms with Crippen LogP contribution in [0.25, 0.3) is 11.0 Å². The predicted molar refractivity (Wildman–Crippen MR) is 147 cm³/mol. The Morgan fingerprint density at radius 2 is 1.93 bits per heavy atom. The van der Waals surface area contributed by atoms with Gasteiger partial charge < -0.3 is 30.8 Å². The van der Waals surface area contributed by atoms with Gasteiger partial charge in [-0.05, 0) is 29.8 Å². The zero-order chi connectivity index (χ0) is 29.4. The highest BCUT2D eigenvalue weighted by molar-refractivity contribution is 6.30. The fourth-order valence-electron chi connectivity index (χ4n) is 4.38. The maximum atomic E-state index is 12.9. The van der Waals surface area contributed by atoms with Gasteiger partial charge in [0.2, 0.25) is 5.95 Å². The summed E-state index contributed by atoms with van der Waals surface area (Å²) in [5.74, 6) is -2.09. The molecule has 0 saturated carbocycles. The van der Waals surface area contributed by atoms with Crippen molar-refractivity contribution in [2.75, 3.05) is 31.5 Å². The van der Waals surface area contributed by atoms with Crippen LogP contribution in [-0.4, -0.2) is 81.8 Å². The lowest BCUT2D eigenvalue weighted by molar-refractivity contribution is -0.758. The van der Waals surface area contributed by atoms with Crippen molar-refractivity contribution < 1.29 is 38.3 Å². The number of carboxylic acids is 1. The number of hydrogen-bond acceptors (Lipinski definition) is 8. The predicted octanol–water partition coefficient (Wildman–Crippen LogP) is 1.93. The van der Waals surface area contributed by atoms with Crippen molar-refractivity contribution in [2.24, 2.45) is 0 Å². The SMILES string of the molecule is O=C(O)CC(NC(=O)C[N+]1(CCCNc2nc3ccccc3[nH]2)C(=O)CNC1=O)NC(=O)OCc1cccc(Cl)c1. The van der Waals surface area contributed by atoms with E-state index in [1.807, 2.05) is 24.3 Å². The number of para-hydroxylation sites is 2. The summed E-state index contributed by atoms with van der Waals surface area (Å²) in [4.78, 5) is 69.6. The summed E-state index contributed by atoms with van der Waals surface area (Å²) in [7, 11) is 0. The first-order chi connectivity index (χ1) is 19.6. The van der Waals surface area contributed by atoms with E-state index >= 15 is 0 Å². The number of carbonyl (C=O) groups is 5. The van der Waals surface area contributed by atoms with Gasteiger partial charge in [0.1, 0.15) is 19.3 Å². The molecule has 1 aliphatic rings. The summed E-state index contributed by atoms with van der Waals surface area (Å²) in [5, 5.41) is 19.9. The van der Waals surface area contributed by atoms with Crippen molar-refractivity contribution >= 4 is 58.5 Å². The van der Waals surface area contributed by atoms with Crippen molar-refractivity contribution in [1.29, 1.82) is 0 Å². The molecule has 0 aliphatic carbocycles. The Bertz CT molecular complexity index is 1410. The molecule has 216 valence electrons. The van der Waals surface area contributed by atoms with Crippen LogP contribution in [0.3, 0.4) is 0 Å². The van der Waals surface area contributed by atoms with E-state index < -0.39 is 53.5 Å². The zero-order valence-corrected chi connectivity index (χ0v) is 22.6. The minimum absolute atomic E-state index is 0.00399. The van der Waals surface area contributed by atoms with Crippen molar-refractivity contribution in [3.05, 3.63) is 59.1 Å². The second kappa shape index (κ2) is 13.1. The largest absolute Gasteiger partial charge is 0.481 e. The first-order valence-corrected chi connectivity index (χ1v) is 13.1. The van der Waals surface area contributed by atoms with Crippen molar-refractivity contribution in [3.8, 4) is 0 Å². The molecule has 15 heteroatoms. The standard InChI is InChI=1S/C26H28ClN7O7/c27-17-6-3-5-16(11-17)15-41-26(40)33-20(12-23(37)38)32-21(35)14-34(22(36)13-29-25(34)39)10-4-9-28-24-30-18-7-1-2-8-19(18)31-24/h1-3,5-8,11,20H,4,9-10,12-15H2,(H5-,28,29,30,31,32,33,35,37,38,39,40)/p+1. The smallest absolute Gasteiger partial charge is 0.425 e. The molecule has 2 unspecified atom stereocenters. The molecular formula is C26H29ClN7O7+. The maximum Gasteiger partial charge on any atom is 0.425 e. The van der Waals surface area contributed by atoms with Crippen LogP contribution in [0.2, 0.25) is 5.02 Å². The average molecular weight is 587 g/mol. The monoisotopic (exact) mass is 586 g/mol. The number of imidazole rings is 1. The van der Waals surface area contributed by atoms with Gasteiger partial charge in [0.25, 0.3) is 5.91 Å². The number of amides is 5. The van der Waals surface area contributed by atoms with Crippen molar-refractivity contribution in [3.63, 3.8) is 0 Å². The molecule has 0 bridgehead atoms. The van der Waals surface area contributed by atoms with E-state index in [-0.39, 0.29) is 19.7 Å². The number of imide groups is 1. The lowest BCUT2D eigenvalue weighted by Gasteiger charge is -2.27. The molecule has 0 radical (unpaired) electrons. The van der Waals surface area contributed by atoms with Crippen LogP contribution in [0.4, 0.5) is 15.5 Å². The number of aliphatic carboxylic acids is 1. The van der Waals surface area contributed by atoms with Gasteiger partial charge in [-0.3, -0.25) is 14.9 Å². The summed E-state index contributed by atoms with van der Waals surface area (Å²) in [6.45, 7) is -0.606. The van der Waals surface area contributed by atoms with Gasteiger partial charge in [-0.15, -0.1) is 0 Å². The third kappa shape index (κ3) is 7.70. The van der Waals surface area contributed by atoms with E-state index in [9.17, 15) is 29.1 Å². The fourth-order valence-corrected chi connectivity index (χ4v) is 4.60. The van der Waals surface area contributed by atoms with Gasteiger partial charge in [-0.2, -0.15) is 4.48 Å². The van der Waals surface area contributed by atoms with Gasteiger partial charge in [0.15, 0.2) is 6.54 Å². The highest BCUT2D eigenvalue weighted by Gasteiger charge is 2.51. The number of nitrogens with one attached hydrogen (secondary N) is 5. The molecule has 0 spiro atoms. The topological polar surface area (TPSA) is 192 Å². The lowest BCUT2D eigenvalue weighted by atomic mass is 10.2. The number of ether oxygens (including phenoxy) is 1. The third-order valence-electron chi connectivity index (χ3n) is 6.33. The first kappa shape index (κ1) is 29.3. The molecule has 1 aliphatic heterocycles. The Morgan fingerprint density at radius 3 is 2.63 bits per heavy atom. The molecular weight excluding hydrogens is 558 g/mol. The molecule has 1 aromatic heterocycles. The molecule has 6 N–H and O–H groups in total. The number of rotatable bonds is 13. The highest BCUT2D eigenvalue weighted by Crippen LogP contribution is 2.17. The molecule has 2 atom stereocenters. The Balaban J connectivity index is 1.33. The molecule has 1 fully saturated rings. The third-order valence-corrected chi connectivity index (χ3v) is 6.57.